The molecule has 2 heterocycles. The number of nitrogens with zero attached hydrogens (tertiary/aromatic N) is 1. The van der Waals surface area contributed by atoms with Crippen LogP contribution in [0.4, 0.5) is 0 Å². The van der Waals surface area contributed by atoms with Crippen LogP contribution < -0.4 is 5.32 Å². The first-order chi connectivity index (χ1) is 7.61. The molecule has 1 amide bonds. The Morgan fingerprint density at radius 3 is 2.62 bits per heavy atom. The summed E-state index contributed by atoms with van der Waals surface area (Å²) < 4.78 is 5.51. The lowest BCUT2D eigenvalue weighted by Crippen LogP contribution is -2.52. The summed E-state index contributed by atoms with van der Waals surface area (Å²) in [5, 5.41) is 3.22. The molecule has 92 valence electrons. The number of likely N-dealkylation sites (N-methyl/N-ethyl adjacent to an activating group) is 1. The average Bonchev–Trinajstić information content (AvgIpc) is 2.59. The second-order valence-electron chi connectivity index (χ2n) is 5.09. The first-order valence-corrected chi connectivity index (χ1v) is 6.20. The van der Waals surface area contributed by atoms with E-state index in [0.29, 0.717) is 5.92 Å². The highest BCUT2D eigenvalue weighted by Crippen LogP contribution is 2.23. The molecule has 3 atom stereocenters. The molecule has 0 aromatic carbocycles. The van der Waals surface area contributed by atoms with Crippen LogP contribution in [0.3, 0.4) is 0 Å². The van der Waals surface area contributed by atoms with E-state index in [0.717, 1.165) is 26.1 Å². The van der Waals surface area contributed by atoms with E-state index in [9.17, 15) is 4.79 Å². The van der Waals surface area contributed by atoms with Crippen LogP contribution in [0.5, 0.6) is 0 Å². The van der Waals surface area contributed by atoms with Crippen molar-refractivity contribution in [3.8, 4) is 0 Å². The van der Waals surface area contributed by atoms with Gasteiger partial charge in [0, 0.05) is 19.6 Å². The number of carbonyl (C=O) groups is 1. The molecule has 2 saturated heterocycles. The van der Waals surface area contributed by atoms with Crippen molar-refractivity contribution in [3.63, 3.8) is 0 Å². The summed E-state index contributed by atoms with van der Waals surface area (Å²) in [5.74, 6) is 0.931. The fraction of sp³-hybridized carbons (Fsp3) is 0.917. The number of hydrogen-bond acceptors (Lipinski definition) is 3. The Labute approximate surface area is 97.3 Å². The molecule has 0 saturated carbocycles. The molecule has 4 heteroatoms. The third-order valence-corrected chi connectivity index (χ3v) is 4.09. The van der Waals surface area contributed by atoms with Crippen molar-refractivity contribution in [2.45, 2.75) is 32.4 Å². The second-order valence-corrected chi connectivity index (χ2v) is 5.09. The minimum absolute atomic E-state index is 0.138. The highest BCUT2D eigenvalue weighted by molar-refractivity contribution is 5.79. The molecule has 0 aliphatic carbocycles. The lowest BCUT2D eigenvalue weighted by atomic mass is 9.87. The van der Waals surface area contributed by atoms with E-state index in [2.05, 4.69) is 12.2 Å². The van der Waals surface area contributed by atoms with E-state index in [-0.39, 0.29) is 24.0 Å². The first-order valence-electron chi connectivity index (χ1n) is 6.20. The third kappa shape index (κ3) is 2.09. The lowest BCUT2D eigenvalue weighted by molar-refractivity contribution is -0.139. The van der Waals surface area contributed by atoms with Gasteiger partial charge in [0.05, 0.1) is 12.1 Å². The van der Waals surface area contributed by atoms with Crippen molar-refractivity contribution in [2.75, 3.05) is 26.7 Å². The molecule has 0 bridgehead atoms. The van der Waals surface area contributed by atoms with Crippen LogP contribution in [0.1, 0.15) is 20.3 Å². The summed E-state index contributed by atoms with van der Waals surface area (Å²) in [7, 11) is 1.92. The lowest BCUT2D eigenvalue weighted by Gasteiger charge is -2.36. The Morgan fingerprint density at radius 2 is 2.19 bits per heavy atom. The van der Waals surface area contributed by atoms with E-state index in [1.54, 1.807) is 0 Å². The maximum Gasteiger partial charge on any atom is 0.225 e. The number of hydrogen-bond donors (Lipinski definition) is 1. The zero-order valence-electron chi connectivity index (χ0n) is 10.4. The van der Waals surface area contributed by atoms with Gasteiger partial charge in [0.1, 0.15) is 0 Å². The standard InChI is InChI=1S/C12H22N2O2/c1-8(10-6-13-7-10)12(15)14(3)11-4-5-16-9(11)2/h8-11,13H,4-7H2,1-3H3. The molecular weight excluding hydrogens is 204 g/mol. The van der Waals surface area contributed by atoms with Gasteiger partial charge in [-0.1, -0.05) is 6.92 Å². The molecule has 4 nitrogen and oxygen atoms in total. The maximum absolute atomic E-state index is 12.3. The van der Waals surface area contributed by atoms with Crippen LogP contribution in [-0.2, 0) is 9.53 Å². The van der Waals surface area contributed by atoms with Gasteiger partial charge >= 0.3 is 0 Å². The zero-order chi connectivity index (χ0) is 11.7. The molecule has 2 aliphatic rings. The normalized spacial score (nSPS) is 32.2. The monoisotopic (exact) mass is 226 g/mol. The fourth-order valence-electron chi connectivity index (χ4n) is 2.58. The van der Waals surface area contributed by atoms with E-state index >= 15 is 0 Å². The molecule has 0 radical (unpaired) electrons. The van der Waals surface area contributed by atoms with Crippen molar-refractivity contribution in [3.05, 3.63) is 0 Å². The molecule has 0 aromatic heterocycles. The highest BCUT2D eigenvalue weighted by atomic mass is 16.5. The largest absolute Gasteiger partial charge is 0.376 e. The minimum Gasteiger partial charge on any atom is -0.376 e. The van der Waals surface area contributed by atoms with E-state index < -0.39 is 0 Å². The molecule has 2 fully saturated rings. The summed E-state index contributed by atoms with van der Waals surface area (Å²) in [6, 6.07) is 0.267. The predicted octanol–water partition coefficient (Wildman–Crippen LogP) is 0.478. The predicted molar refractivity (Wildman–Crippen MR) is 62.1 cm³/mol. The Balaban J connectivity index is 1.92. The number of ether oxygens (including phenoxy) is 1. The Kier molecular flexibility index (Phi) is 3.50. The van der Waals surface area contributed by atoms with Gasteiger partial charge in [-0.3, -0.25) is 4.79 Å². The summed E-state index contributed by atoms with van der Waals surface area (Å²) in [6.07, 6.45) is 1.15. The molecule has 2 aliphatic heterocycles. The van der Waals surface area contributed by atoms with Gasteiger partial charge in [-0.25, -0.2) is 0 Å². The van der Waals surface area contributed by atoms with Crippen LogP contribution in [0.25, 0.3) is 0 Å². The van der Waals surface area contributed by atoms with Gasteiger partial charge in [0.25, 0.3) is 0 Å². The Morgan fingerprint density at radius 1 is 1.50 bits per heavy atom. The summed E-state index contributed by atoms with van der Waals surface area (Å²) in [4.78, 5) is 14.2. The van der Waals surface area contributed by atoms with Crippen molar-refractivity contribution in [1.82, 2.24) is 10.2 Å². The number of nitrogens with one attached hydrogen (secondary N) is 1. The number of carbonyl (C=O) groups excluding carboxylic acids is 1. The van der Waals surface area contributed by atoms with Crippen molar-refractivity contribution in [1.29, 1.82) is 0 Å². The van der Waals surface area contributed by atoms with Crippen LogP contribution >= 0.6 is 0 Å². The van der Waals surface area contributed by atoms with E-state index in [1.807, 2.05) is 18.9 Å². The van der Waals surface area contributed by atoms with Crippen molar-refractivity contribution < 1.29 is 9.53 Å². The van der Waals surface area contributed by atoms with Crippen LogP contribution in [0.15, 0.2) is 0 Å². The smallest absolute Gasteiger partial charge is 0.225 e. The summed E-state index contributed by atoms with van der Waals surface area (Å²) in [5.41, 5.74) is 0. The Bertz CT molecular complexity index is 266. The van der Waals surface area contributed by atoms with E-state index in [1.165, 1.54) is 0 Å². The number of amides is 1. The van der Waals surface area contributed by atoms with Gasteiger partial charge in [0.15, 0.2) is 0 Å². The minimum atomic E-state index is 0.138. The Hall–Kier alpha value is -0.610. The van der Waals surface area contributed by atoms with Gasteiger partial charge in [0.2, 0.25) is 5.91 Å². The fourth-order valence-corrected chi connectivity index (χ4v) is 2.58. The molecule has 2 rings (SSSR count). The molecule has 16 heavy (non-hydrogen) atoms. The van der Waals surface area contributed by atoms with Crippen LogP contribution in [0.2, 0.25) is 0 Å². The third-order valence-electron chi connectivity index (χ3n) is 4.09. The molecule has 0 spiro atoms. The van der Waals surface area contributed by atoms with Crippen molar-refractivity contribution in [2.24, 2.45) is 11.8 Å². The topological polar surface area (TPSA) is 41.6 Å². The average molecular weight is 226 g/mol. The van der Waals surface area contributed by atoms with Gasteiger partial charge in [-0.15, -0.1) is 0 Å². The van der Waals surface area contributed by atoms with Crippen molar-refractivity contribution >= 4 is 5.91 Å². The highest BCUT2D eigenvalue weighted by Gasteiger charge is 2.36. The van der Waals surface area contributed by atoms with Crippen LogP contribution in [0, 0.1) is 11.8 Å². The summed E-state index contributed by atoms with van der Waals surface area (Å²) in [6.45, 7) is 6.85. The van der Waals surface area contributed by atoms with E-state index in [4.69, 9.17) is 4.74 Å². The SMILES string of the molecule is CC1OCCC1N(C)C(=O)C(C)C1CNC1. The molecular formula is C12H22N2O2. The molecule has 1 N–H and O–H groups in total. The van der Waals surface area contributed by atoms with Gasteiger partial charge < -0.3 is 15.0 Å². The maximum atomic E-state index is 12.3. The molecule has 3 unspecified atom stereocenters. The second kappa shape index (κ2) is 4.72. The van der Waals surface area contributed by atoms with Gasteiger partial charge in [-0.05, 0) is 32.4 Å². The zero-order valence-corrected chi connectivity index (χ0v) is 10.4. The quantitative estimate of drug-likeness (QED) is 0.761. The first kappa shape index (κ1) is 11.9. The summed E-state index contributed by atoms with van der Waals surface area (Å²) >= 11 is 0. The number of rotatable bonds is 3. The van der Waals surface area contributed by atoms with Crippen LogP contribution in [-0.4, -0.2) is 49.7 Å². The van der Waals surface area contributed by atoms with Gasteiger partial charge in [-0.2, -0.15) is 0 Å². The molecule has 0 aromatic rings.